The van der Waals surface area contributed by atoms with Gasteiger partial charge in [-0.25, -0.2) is 4.79 Å². The van der Waals surface area contributed by atoms with Crippen LogP contribution in [0.15, 0.2) is 0 Å². The Morgan fingerprint density at radius 1 is 1.44 bits per heavy atom. The molecule has 1 aliphatic heterocycles. The van der Waals surface area contributed by atoms with E-state index in [1.807, 2.05) is 4.90 Å². The monoisotopic (exact) mass is 225 g/mol. The summed E-state index contributed by atoms with van der Waals surface area (Å²) in [7, 11) is 0. The lowest BCUT2D eigenvalue weighted by Gasteiger charge is -2.30. The first-order valence-corrected chi connectivity index (χ1v) is 6.38. The summed E-state index contributed by atoms with van der Waals surface area (Å²) < 4.78 is 0. The van der Waals surface area contributed by atoms with E-state index >= 15 is 0 Å². The number of nitrogens with two attached hydrogens (primary N) is 1. The van der Waals surface area contributed by atoms with Crippen LogP contribution in [0.3, 0.4) is 0 Å². The molecule has 0 aromatic rings. The molecule has 1 saturated carbocycles. The third-order valence-electron chi connectivity index (χ3n) is 4.08. The molecule has 16 heavy (non-hydrogen) atoms. The first-order chi connectivity index (χ1) is 7.65. The highest BCUT2D eigenvalue weighted by Crippen LogP contribution is 2.43. The van der Waals surface area contributed by atoms with Crippen molar-refractivity contribution in [3.63, 3.8) is 0 Å². The zero-order chi connectivity index (χ0) is 11.6. The SMILES string of the molecule is CC1CCN(C(=O)NCC2(CN)CC2)CC1. The fourth-order valence-corrected chi connectivity index (χ4v) is 2.22. The van der Waals surface area contributed by atoms with Gasteiger partial charge in [-0.15, -0.1) is 0 Å². The van der Waals surface area contributed by atoms with Gasteiger partial charge in [-0.2, -0.15) is 0 Å². The van der Waals surface area contributed by atoms with Crippen molar-refractivity contribution in [3.8, 4) is 0 Å². The van der Waals surface area contributed by atoms with Crippen LogP contribution < -0.4 is 11.1 Å². The Labute approximate surface area is 97.6 Å². The van der Waals surface area contributed by atoms with E-state index in [2.05, 4.69) is 12.2 Å². The Morgan fingerprint density at radius 2 is 2.06 bits per heavy atom. The maximum absolute atomic E-state index is 11.9. The van der Waals surface area contributed by atoms with Crippen molar-refractivity contribution in [1.82, 2.24) is 10.2 Å². The maximum Gasteiger partial charge on any atom is 0.317 e. The number of piperidine rings is 1. The first-order valence-electron chi connectivity index (χ1n) is 6.38. The van der Waals surface area contributed by atoms with Crippen molar-refractivity contribution >= 4 is 6.03 Å². The summed E-state index contributed by atoms with van der Waals surface area (Å²) >= 11 is 0. The molecule has 1 saturated heterocycles. The van der Waals surface area contributed by atoms with Crippen molar-refractivity contribution in [2.24, 2.45) is 17.1 Å². The fourth-order valence-electron chi connectivity index (χ4n) is 2.22. The van der Waals surface area contributed by atoms with Crippen LogP contribution in [0.4, 0.5) is 4.79 Å². The molecular formula is C12H23N3O. The molecule has 0 aromatic carbocycles. The first kappa shape index (κ1) is 11.7. The number of hydrogen-bond acceptors (Lipinski definition) is 2. The molecule has 92 valence electrons. The lowest BCUT2D eigenvalue weighted by Crippen LogP contribution is -2.46. The Morgan fingerprint density at radius 3 is 2.56 bits per heavy atom. The summed E-state index contributed by atoms with van der Waals surface area (Å²) in [6.45, 7) is 5.52. The van der Waals surface area contributed by atoms with Gasteiger partial charge in [0, 0.05) is 25.0 Å². The van der Waals surface area contributed by atoms with E-state index in [1.54, 1.807) is 0 Å². The summed E-state index contributed by atoms with van der Waals surface area (Å²) in [6.07, 6.45) is 4.60. The number of hydrogen-bond donors (Lipinski definition) is 2. The third kappa shape index (κ3) is 2.67. The second-order valence-corrected chi connectivity index (χ2v) is 5.53. The number of amides is 2. The topological polar surface area (TPSA) is 58.4 Å². The molecule has 2 fully saturated rings. The molecule has 0 unspecified atom stereocenters. The minimum absolute atomic E-state index is 0.103. The van der Waals surface area contributed by atoms with E-state index < -0.39 is 0 Å². The number of likely N-dealkylation sites (tertiary alicyclic amines) is 1. The normalized spacial score (nSPS) is 24.2. The predicted octanol–water partition coefficient (Wildman–Crippen LogP) is 1.17. The van der Waals surface area contributed by atoms with Gasteiger partial charge >= 0.3 is 6.03 Å². The summed E-state index contributed by atoms with van der Waals surface area (Å²) in [5.74, 6) is 0.767. The summed E-state index contributed by atoms with van der Waals surface area (Å²) in [6, 6.07) is 0.103. The van der Waals surface area contributed by atoms with E-state index in [-0.39, 0.29) is 11.4 Å². The molecular weight excluding hydrogens is 202 g/mol. The lowest BCUT2D eigenvalue weighted by molar-refractivity contribution is 0.172. The number of carbonyl (C=O) groups is 1. The van der Waals surface area contributed by atoms with Crippen molar-refractivity contribution in [2.45, 2.75) is 32.6 Å². The van der Waals surface area contributed by atoms with Gasteiger partial charge in [0.15, 0.2) is 0 Å². The van der Waals surface area contributed by atoms with Gasteiger partial charge in [0.05, 0.1) is 0 Å². The van der Waals surface area contributed by atoms with E-state index in [9.17, 15) is 4.79 Å². The summed E-state index contributed by atoms with van der Waals surface area (Å²) in [4.78, 5) is 13.8. The van der Waals surface area contributed by atoms with Gasteiger partial charge in [-0.1, -0.05) is 6.92 Å². The number of nitrogens with zero attached hydrogens (tertiary/aromatic N) is 1. The van der Waals surface area contributed by atoms with Crippen LogP contribution in [-0.2, 0) is 0 Å². The van der Waals surface area contributed by atoms with E-state index in [0.29, 0.717) is 6.54 Å². The van der Waals surface area contributed by atoms with Crippen LogP contribution in [0.25, 0.3) is 0 Å². The molecule has 4 heteroatoms. The highest BCUT2D eigenvalue weighted by molar-refractivity contribution is 5.74. The van der Waals surface area contributed by atoms with Crippen molar-refractivity contribution in [2.75, 3.05) is 26.2 Å². The molecule has 2 aliphatic rings. The zero-order valence-corrected chi connectivity index (χ0v) is 10.2. The third-order valence-corrected chi connectivity index (χ3v) is 4.08. The Bertz CT molecular complexity index is 255. The molecule has 1 heterocycles. The smallest absolute Gasteiger partial charge is 0.317 e. The average molecular weight is 225 g/mol. The summed E-state index contributed by atoms with van der Waals surface area (Å²) in [5, 5.41) is 3.03. The Hall–Kier alpha value is -0.770. The highest BCUT2D eigenvalue weighted by atomic mass is 16.2. The van der Waals surface area contributed by atoms with Crippen molar-refractivity contribution in [3.05, 3.63) is 0 Å². The number of rotatable bonds is 3. The number of urea groups is 1. The minimum Gasteiger partial charge on any atom is -0.337 e. The standard InChI is InChI=1S/C12H23N3O/c1-10-2-6-15(7-3-10)11(16)14-9-12(8-13)4-5-12/h10H,2-9,13H2,1H3,(H,14,16). The molecule has 0 bridgehead atoms. The largest absolute Gasteiger partial charge is 0.337 e. The van der Waals surface area contributed by atoms with Crippen LogP contribution in [-0.4, -0.2) is 37.1 Å². The molecule has 0 radical (unpaired) electrons. The zero-order valence-electron chi connectivity index (χ0n) is 10.2. The van der Waals surface area contributed by atoms with Crippen molar-refractivity contribution in [1.29, 1.82) is 0 Å². The van der Waals surface area contributed by atoms with Crippen LogP contribution >= 0.6 is 0 Å². The molecule has 2 amide bonds. The average Bonchev–Trinajstić information content (AvgIpc) is 3.08. The Kier molecular flexibility index (Phi) is 3.38. The highest BCUT2D eigenvalue weighted by Gasteiger charge is 2.41. The molecule has 2 rings (SSSR count). The van der Waals surface area contributed by atoms with Crippen molar-refractivity contribution < 1.29 is 4.79 Å². The summed E-state index contributed by atoms with van der Waals surface area (Å²) in [5.41, 5.74) is 5.92. The van der Waals surface area contributed by atoms with E-state index in [4.69, 9.17) is 5.73 Å². The minimum atomic E-state index is 0.103. The van der Waals surface area contributed by atoms with Crippen LogP contribution in [0.1, 0.15) is 32.6 Å². The van der Waals surface area contributed by atoms with E-state index in [0.717, 1.165) is 38.4 Å². The van der Waals surface area contributed by atoms with Crippen LogP contribution in [0.2, 0.25) is 0 Å². The molecule has 0 spiro atoms. The maximum atomic E-state index is 11.9. The molecule has 1 aliphatic carbocycles. The molecule has 0 aromatic heterocycles. The quantitative estimate of drug-likeness (QED) is 0.757. The second kappa shape index (κ2) is 4.62. The van der Waals surface area contributed by atoms with Gasteiger partial charge in [-0.05, 0) is 38.1 Å². The fraction of sp³-hybridized carbons (Fsp3) is 0.917. The lowest BCUT2D eigenvalue weighted by atomic mass is 10.00. The van der Waals surface area contributed by atoms with Gasteiger partial charge in [-0.3, -0.25) is 0 Å². The second-order valence-electron chi connectivity index (χ2n) is 5.53. The van der Waals surface area contributed by atoms with E-state index in [1.165, 1.54) is 12.8 Å². The predicted molar refractivity (Wildman–Crippen MR) is 64.1 cm³/mol. The molecule has 0 atom stereocenters. The Balaban J connectivity index is 1.71. The number of carbonyl (C=O) groups excluding carboxylic acids is 1. The molecule has 3 N–H and O–H groups in total. The van der Waals surface area contributed by atoms with Gasteiger partial charge in [0.1, 0.15) is 0 Å². The van der Waals surface area contributed by atoms with Gasteiger partial charge in [0.25, 0.3) is 0 Å². The van der Waals surface area contributed by atoms with Crippen LogP contribution in [0, 0.1) is 11.3 Å². The van der Waals surface area contributed by atoms with Crippen LogP contribution in [0.5, 0.6) is 0 Å². The van der Waals surface area contributed by atoms with Gasteiger partial charge in [0.2, 0.25) is 0 Å². The molecule has 4 nitrogen and oxygen atoms in total. The number of nitrogens with one attached hydrogen (secondary N) is 1. The van der Waals surface area contributed by atoms with Gasteiger partial charge < -0.3 is 16.0 Å².